The molecule has 21 heavy (non-hydrogen) atoms. The van der Waals surface area contributed by atoms with Gasteiger partial charge in [0.25, 0.3) is 0 Å². The van der Waals surface area contributed by atoms with Crippen LogP contribution in [0.3, 0.4) is 0 Å². The number of methoxy groups -OCH3 is 1. The van der Waals surface area contributed by atoms with Crippen LogP contribution in [0.25, 0.3) is 11.0 Å². The molecule has 0 atom stereocenters. The number of hydrogen-bond donors (Lipinski definition) is 1. The van der Waals surface area contributed by atoms with Gasteiger partial charge in [-0.05, 0) is 43.0 Å². The van der Waals surface area contributed by atoms with Crippen molar-refractivity contribution in [3.05, 3.63) is 42.1 Å². The summed E-state index contributed by atoms with van der Waals surface area (Å²) in [6, 6.07) is 9.26. The average molecular weight is 299 g/mol. The fourth-order valence-corrected chi connectivity index (χ4v) is 2.63. The molecular weight excluding hydrogens is 286 g/mol. The lowest BCUT2D eigenvalue weighted by Gasteiger charge is -1.98. The van der Waals surface area contributed by atoms with E-state index in [1.54, 1.807) is 19.4 Å². The van der Waals surface area contributed by atoms with Gasteiger partial charge in [0.2, 0.25) is 0 Å². The Morgan fingerprint density at radius 3 is 2.81 bits per heavy atom. The molecule has 0 aliphatic rings. The molecular formula is C15H13N3O2S. The van der Waals surface area contributed by atoms with Crippen LogP contribution in [0.5, 0.6) is 5.75 Å². The highest BCUT2D eigenvalue weighted by atomic mass is 32.2. The number of imidazole rings is 1. The predicted octanol–water partition coefficient (Wildman–Crippen LogP) is 3.32. The zero-order chi connectivity index (χ0) is 14.8. The van der Waals surface area contributed by atoms with Crippen molar-refractivity contribution < 1.29 is 9.53 Å². The third-order valence-electron chi connectivity index (χ3n) is 3.01. The van der Waals surface area contributed by atoms with Crippen LogP contribution < -0.4 is 4.74 Å². The van der Waals surface area contributed by atoms with E-state index in [0.717, 1.165) is 27.0 Å². The Hall–Kier alpha value is -2.34. The number of pyridine rings is 1. The highest BCUT2D eigenvalue weighted by molar-refractivity contribution is 7.99. The number of aromatic nitrogens is 3. The van der Waals surface area contributed by atoms with Gasteiger partial charge in [0.15, 0.2) is 10.9 Å². The van der Waals surface area contributed by atoms with Gasteiger partial charge in [0.05, 0.1) is 18.1 Å². The first-order valence-corrected chi connectivity index (χ1v) is 7.16. The first-order chi connectivity index (χ1) is 10.2. The minimum absolute atomic E-state index is 0.00915. The number of hydrogen-bond acceptors (Lipinski definition) is 5. The summed E-state index contributed by atoms with van der Waals surface area (Å²) >= 11 is 1.42. The van der Waals surface area contributed by atoms with Gasteiger partial charge in [-0.15, -0.1) is 0 Å². The Morgan fingerprint density at radius 2 is 2.14 bits per heavy atom. The molecule has 0 unspecified atom stereocenters. The molecule has 3 aromatic rings. The molecule has 0 radical (unpaired) electrons. The SMILES string of the molecule is COc1ccc2nc(Sc3ccc(C(C)=O)cn3)[nH]c2c1. The van der Waals surface area contributed by atoms with Crippen molar-refractivity contribution in [1.82, 2.24) is 15.0 Å². The van der Waals surface area contributed by atoms with Crippen LogP contribution in [0.2, 0.25) is 0 Å². The zero-order valence-electron chi connectivity index (χ0n) is 11.6. The number of nitrogens with zero attached hydrogens (tertiary/aromatic N) is 2. The number of Topliss-reactive ketones (excluding diaryl/α,β-unsaturated/α-hetero) is 1. The van der Waals surface area contributed by atoms with E-state index in [2.05, 4.69) is 15.0 Å². The number of rotatable bonds is 4. The van der Waals surface area contributed by atoms with Gasteiger partial charge in [-0.3, -0.25) is 4.79 Å². The summed E-state index contributed by atoms with van der Waals surface area (Å²) in [5, 5.41) is 1.53. The van der Waals surface area contributed by atoms with Crippen molar-refractivity contribution in [3.8, 4) is 5.75 Å². The molecule has 0 amide bonds. The number of nitrogens with one attached hydrogen (secondary N) is 1. The maximum atomic E-state index is 11.2. The Morgan fingerprint density at radius 1 is 1.29 bits per heavy atom. The van der Waals surface area contributed by atoms with Crippen molar-refractivity contribution in [2.24, 2.45) is 0 Å². The Kier molecular flexibility index (Phi) is 3.62. The van der Waals surface area contributed by atoms with Gasteiger partial charge in [-0.1, -0.05) is 0 Å². The predicted molar refractivity (Wildman–Crippen MR) is 81.0 cm³/mol. The topological polar surface area (TPSA) is 67.9 Å². The number of fused-ring (bicyclic) bond motifs is 1. The van der Waals surface area contributed by atoms with Crippen molar-refractivity contribution in [2.75, 3.05) is 7.11 Å². The zero-order valence-corrected chi connectivity index (χ0v) is 12.4. The minimum atomic E-state index is 0.00915. The van der Waals surface area contributed by atoms with E-state index in [4.69, 9.17) is 4.74 Å². The molecule has 0 fully saturated rings. The monoisotopic (exact) mass is 299 g/mol. The van der Waals surface area contributed by atoms with Crippen LogP contribution in [0.1, 0.15) is 17.3 Å². The van der Waals surface area contributed by atoms with E-state index in [9.17, 15) is 4.79 Å². The first-order valence-electron chi connectivity index (χ1n) is 6.34. The fourth-order valence-electron chi connectivity index (χ4n) is 1.89. The van der Waals surface area contributed by atoms with E-state index in [1.165, 1.54) is 18.7 Å². The van der Waals surface area contributed by atoms with Crippen LogP contribution in [0.4, 0.5) is 0 Å². The van der Waals surface area contributed by atoms with E-state index in [-0.39, 0.29) is 5.78 Å². The lowest BCUT2D eigenvalue weighted by Crippen LogP contribution is -1.93. The molecule has 3 rings (SSSR count). The summed E-state index contributed by atoms with van der Waals surface area (Å²) in [7, 11) is 1.63. The summed E-state index contributed by atoms with van der Waals surface area (Å²) in [5.41, 5.74) is 2.39. The molecule has 106 valence electrons. The van der Waals surface area contributed by atoms with Gasteiger partial charge in [0.1, 0.15) is 10.8 Å². The fraction of sp³-hybridized carbons (Fsp3) is 0.133. The highest BCUT2D eigenvalue weighted by Gasteiger charge is 2.07. The number of ether oxygens (including phenoxy) is 1. The second kappa shape index (κ2) is 5.57. The number of carbonyl (C=O) groups is 1. The number of ketones is 1. The smallest absolute Gasteiger partial charge is 0.172 e. The normalized spacial score (nSPS) is 10.8. The van der Waals surface area contributed by atoms with Crippen LogP contribution in [0, 0.1) is 0 Å². The maximum absolute atomic E-state index is 11.2. The highest BCUT2D eigenvalue weighted by Crippen LogP contribution is 2.27. The molecule has 1 N–H and O–H groups in total. The maximum Gasteiger partial charge on any atom is 0.172 e. The Bertz CT molecular complexity index is 796. The number of benzene rings is 1. The van der Waals surface area contributed by atoms with Crippen LogP contribution in [-0.2, 0) is 0 Å². The molecule has 0 bridgehead atoms. The summed E-state index contributed by atoms with van der Waals surface area (Å²) in [6.45, 7) is 1.52. The quantitative estimate of drug-likeness (QED) is 0.748. The number of aromatic amines is 1. The second-order valence-corrected chi connectivity index (χ2v) is 5.48. The van der Waals surface area contributed by atoms with Gasteiger partial charge in [-0.2, -0.15) is 0 Å². The number of H-pyrrole nitrogens is 1. The molecule has 0 aliphatic heterocycles. The third kappa shape index (κ3) is 2.90. The lowest BCUT2D eigenvalue weighted by molar-refractivity contribution is 0.101. The molecule has 0 saturated carbocycles. The Labute approximate surface area is 125 Å². The number of carbonyl (C=O) groups excluding carboxylic acids is 1. The van der Waals surface area contributed by atoms with E-state index in [0.29, 0.717) is 5.56 Å². The van der Waals surface area contributed by atoms with E-state index in [1.807, 2.05) is 24.3 Å². The van der Waals surface area contributed by atoms with Crippen molar-refractivity contribution in [1.29, 1.82) is 0 Å². The molecule has 0 spiro atoms. The second-order valence-electron chi connectivity index (χ2n) is 4.47. The minimum Gasteiger partial charge on any atom is -0.497 e. The van der Waals surface area contributed by atoms with Crippen LogP contribution in [-0.4, -0.2) is 27.8 Å². The summed E-state index contributed by atoms with van der Waals surface area (Å²) < 4.78 is 5.19. The molecule has 1 aromatic carbocycles. The van der Waals surface area contributed by atoms with Crippen LogP contribution >= 0.6 is 11.8 Å². The van der Waals surface area contributed by atoms with E-state index >= 15 is 0 Å². The van der Waals surface area contributed by atoms with Crippen molar-refractivity contribution in [3.63, 3.8) is 0 Å². The lowest BCUT2D eigenvalue weighted by atomic mass is 10.2. The molecule has 0 aliphatic carbocycles. The molecule has 5 nitrogen and oxygen atoms in total. The average Bonchev–Trinajstić information content (AvgIpc) is 2.88. The van der Waals surface area contributed by atoms with Gasteiger partial charge in [-0.25, -0.2) is 9.97 Å². The summed E-state index contributed by atoms with van der Waals surface area (Å²) in [6.07, 6.45) is 1.58. The standard InChI is InChI=1S/C15H13N3O2S/c1-9(19)10-3-6-14(16-8-10)21-15-17-12-5-4-11(20-2)7-13(12)18-15/h3-8H,1-2H3,(H,17,18). The van der Waals surface area contributed by atoms with Gasteiger partial charge >= 0.3 is 0 Å². The summed E-state index contributed by atoms with van der Waals surface area (Å²) in [4.78, 5) is 23.2. The molecule has 2 aromatic heterocycles. The first kappa shape index (κ1) is 13.6. The third-order valence-corrected chi connectivity index (χ3v) is 3.85. The van der Waals surface area contributed by atoms with E-state index < -0.39 is 0 Å². The summed E-state index contributed by atoms with van der Waals surface area (Å²) in [5.74, 6) is 0.793. The van der Waals surface area contributed by atoms with Crippen molar-refractivity contribution >= 4 is 28.6 Å². The Balaban J connectivity index is 1.85. The molecule has 0 saturated heterocycles. The van der Waals surface area contributed by atoms with Gasteiger partial charge < -0.3 is 9.72 Å². The van der Waals surface area contributed by atoms with Crippen molar-refractivity contribution in [2.45, 2.75) is 17.1 Å². The largest absolute Gasteiger partial charge is 0.497 e. The molecule has 6 heteroatoms. The van der Waals surface area contributed by atoms with Crippen LogP contribution in [0.15, 0.2) is 46.7 Å². The molecule has 2 heterocycles. The van der Waals surface area contributed by atoms with Gasteiger partial charge in [0, 0.05) is 17.8 Å².